The van der Waals surface area contributed by atoms with Crippen molar-refractivity contribution in [3.63, 3.8) is 0 Å². The Morgan fingerprint density at radius 2 is 2.04 bits per heavy atom. The van der Waals surface area contributed by atoms with Gasteiger partial charge in [0, 0.05) is 38.6 Å². The number of likely N-dealkylation sites (tertiary alicyclic amines) is 1. The van der Waals surface area contributed by atoms with E-state index >= 15 is 0 Å². The van der Waals surface area contributed by atoms with Crippen LogP contribution in [0.5, 0.6) is 0 Å². The second-order valence-electron chi connectivity index (χ2n) is 7.46. The Balaban J connectivity index is 0.00000243. The van der Waals surface area contributed by atoms with Crippen LogP contribution in [0.2, 0.25) is 0 Å². The minimum Gasteiger partial charge on any atom is -0.357 e. The van der Waals surface area contributed by atoms with Crippen LogP contribution in [0.4, 0.5) is 0 Å². The Bertz CT molecular complexity index is 708. The molecule has 0 spiro atoms. The summed E-state index contributed by atoms with van der Waals surface area (Å²) < 4.78 is 2.18. The summed E-state index contributed by atoms with van der Waals surface area (Å²) in [7, 11) is 0. The molecule has 1 aromatic carbocycles. The first-order valence-electron chi connectivity index (χ1n) is 9.14. The Labute approximate surface area is 173 Å². The summed E-state index contributed by atoms with van der Waals surface area (Å²) in [6, 6.07) is 10.5. The highest BCUT2D eigenvalue weighted by atomic mass is 127. The molecular formula is C20H30IN5. The molecule has 1 aliphatic rings. The van der Waals surface area contributed by atoms with Gasteiger partial charge in [-0.05, 0) is 24.3 Å². The molecule has 1 aromatic heterocycles. The van der Waals surface area contributed by atoms with E-state index in [1.807, 2.05) is 18.5 Å². The molecule has 5 nitrogen and oxygen atoms in total. The summed E-state index contributed by atoms with van der Waals surface area (Å²) in [5.74, 6) is 2.00. The fraction of sp³-hybridized carbons (Fsp3) is 0.500. The molecule has 1 fully saturated rings. The summed E-state index contributed by atoms with van der Waals surface area (Å²) in [4.78, 5) is 11.7. The molecule has 2 heterocycles. The standard InChI is InChI=1S/C20H29N5.HI/c1-4-21-19(25-12-10-20(2,3)16-25)23-14-18-22-11-13-24(18)15-17-8-6-5-7-9-17;/h5-9,11,13H,4,10,12,14-16H2,1-3H3,(H,21,23);1H. The predicted molar refractivity (Wildman–Crippen MR) is 118 cm³/mol. The SMILES string of the molecule is CCNC(=NCc1nccn1Cc1ccccc1)N1CCC(C)(C)C1.I. The Kier molecular flexibility index (Phi) is 7.49. The van der Waals surface area contributed by atoms with Crippen LogP contribution in [-0.4, -0.2) is 40.0 Å². The number of halogens is 1. The summed E-state index contributed by atoms with van der Waals surface area (Å²) >= 11 is 0. The van der Waals surface area contributed by atoms with Crippen molar-refractivity contribution in [3.8, 4) is 0 Å². The van der Waals surface area contributed by atoms with Crippen LogP contribution >= 0.6 is 24.0 Å². The van der Waals surface area contributed by atoms with E-state index in [2.05, 4.69) is 64.8 Å². The third-order valence-electron chi connectivity index (χ3n) is 4.68. The zero-order chi connectivity index (χ0) is 17.7. The van der Waals surface area contributed by atoms with E-state index in [9.17, 15) is 0 Å². The molecule has 1 aliphatic heterocycles. The van der Waals surface area contributed by atoms with Crippen molar-refractivity contribution in [1.82, 2.24) is 19.8 Å². The lowest BCUT2D eigenvalue weighted by Crippen LogP contribution is -2.40. The van der Waals surface area contributed by atoms with E-state index in [1.165, 1.54) is 12.0 Å². The van der Waals surface area contributed by atoms with Gasteiger partial charge < -0.3 is 14.8 Å². The van der Waals surface area contributed by atoms with E-state index in [-0.39, 0.29) is 24.0 Å². The number of imidazole rings is 1. The molecule has 0 unspecified atom stereocenters. The molecule has 1 N–H and O–H groups in total. The summed E-state index contributed by atoms with van der Waals surface area (Å²) in [5.41, 5.74) is 1.64. The van der Waals surface area contributed by atoms with Gasteiger partial charge in [-0.15, -0.1) is 24.0 Å². The highest BCUT2D eigenvalue weighted by Crippen LogP contribution is 2.28. The predicted octanol–water partition coefficient (Wildman–Crippen LogP) is 3.75. The molecule has 6 heteroatoms. The zero-order valence-electron chi connectivity index (χ0n) is 16.0. The maximum Gasteiger partial charge on any atom is 0.194 e. The quantitative estimate of drug-likeness (QED) is 0.414. The normalized spacial score (nSPS) is 16.4. The minimum atomic E-state index is 0. The Morgan fingerprint density at radius 3 is 2.69 bits per heavy atom. The van der Waals surface area contributed by atoms with Gasteiger partial charge in [-0.2, -0.15) is 0 Å². The van der Waals surface area contributed by atoms with Gasteiger partial charge in [0.25, 0.3) is 0 Å². The maximum absolute atomic E-state index is 4.85. The Morgan fingerprint density at radius 1 is 1.27 bits per heavy atom. The molecule has 26 heavy (non-hydrogen) atoms. The van der Waals surface area contributed by atoms with E-state index in [0.717, 1.165) is 38.0 Å². The van der Waals surface area contributed by atoms with Gasteiger partial charge in [0.1, 0.15) is 12.4 Å². The van der Waals surface area contributed by atoms with Gasteiger partial charge in [-0.25, -0.2) is 9.98 Å². The van der Waals surface area contributed by atoms with Crippen LogP contribution in [-0.2, 0) is 13.1 Å². The van der Waals surface area contributed by atoms with Crippen molar-refractivity contribution in [1.29, 1.82) is 0 Å². The molecule has 0 bridgehead atoms. The molecule has 0 atom stereocenters. The number of hydrogen-bond acceptors (Lipinski definition) is 2. The van der Waals surface area contributed by atoms with E-state index in [4.69, 9.17) is 4.99 Å². The monoisotopic (exact) mass is 467 g/mol. The van der Waals surface area contributed by atoms with Crippen LogP contribution in [0, 0.1) is 5.41 Å². The third kappa shape index (κ3) is 5.46. The van der Waals surface area contributed by atoms with Crippen LogP contribution in [0.15, 0.2) is 47.7 Å². The van der Waals surface area contributed by atoms with Crippen molar-refractivity contribution in [2.75, 3.05) is 19.6 Å². The highest BCUT2D eigenvalue weighted by Gasteiger charge is 2.30. The number of aliphatic imine (C=N–C) groups is 1. The second-order valence-corrected chi connectivity index (χ2v) is 7.46. The minimum absolute atomic E-state index is 0. The van der Waals surface area contributed by atoms with Crippen molar-refractivity contribution in [2.45, 2.75) is 40.3 Å². The fourth-order valence-electron chi connectivity index (χ4n) is 3.28. The number of nitrogens with one attached hydrogen (secondary N) is 1. The molecular weight excluding hydrogens is 437 g/mol. The number of benzene rings is 1. The lowest BCUT2D eigenvalue weighted by Gasteiger charge is -2.23. The summed E-state index contributed by atoms with van der Waals surface area (Å²) in [6.07, 6.45) is 5.10. The smallest absolute Gasteiger partial charge is 0.194 e. The molecule has 1 saturated heterocycles. The van der Waals surface area contributed by atoms with Gasteiger partial charge in [0.2, 0.25) is 0 Å². The van der Waals surface area contributed by atoms with Crippen LogP contribution in [0.25, 0.3) is 0 Å². The van der Waals surface area contributed by atoms with Crippen LogP contribution < -0.4 is 5.32 Å². The number of hydrogen-bond donors (Lipinski definition) is 1. The number of rotatable bonds is 5. The van der Waals surface area contributed by atoms with Crippen LogP contribution in [0.3, 0.4) is 0 Å². The first kappa shape index (κ1) is 20.7. The molecule has 0 amide bonds. The lowest BCUT2D eigenvalue weighted by atomic mass is 9.93. The third-order valence-corrected chi connectivity index (χ3v) is 4.68. The number of guanidine groups is 1. The van der Waals surface area contributed by atoms with Crippen molar-refractivity contribution >= 4 is 29.9 Å². The number of aromatic nitrogens is 2. The Hall–Kier alpha value is -1.57. The van der Waals surface area contributed by atoms with Crippen molar-refractivity contribution < 1.29 is 0 Å². The molecule has 3 rings (SSSR count). The lowest BCUT2D eigenvalue weighted by molar-refractivity contribution is 0.370. The zero-order valence-corrected chi connectivity index (χ0v) is 18.3. The van der Waals surface area contributed by atoms with Gasteiger partial charge >= 0.3 is 0 Å². The van der Waals surface area contributed by atoms with Crippen LogP contribution in [0.1, 0.15) is 38.6 Å². The maximum atomic E-state index is 4.85. The average Bonchev–Trinajstić information content (AvgIpc) is 3.18. The molecule has 0 saturated carbocycles. The second kappa shape index (κ2) is 9.39. The largest absolute Gasteiger partial charge is 0.357 e. The topological polar surface area (TPSA) is 45.5 Å². The summed E-state index contributed by atoms with van der Waals surface area (Å²) in [6.45, 7) is 11.2. The van der Waals surface area contributed by atoms with Gasteiger partial charge in [0.05, 0.1) is 0 Å². The average molecular weight is 467 g/mol. The van der Waals surface area contributed by atoms with E-state index in [0.29, 0.717) is 12.0 Å². The first-order chi connectivity index (χ1) is 12.1. The van der Waals surface area contributed by atoms with Crippen molar-refractivity contribution in [2.24, 2.45) is 10.4 Å². The first-order valence-corrected chi connectivity index (χ1v) is 9.14. The van der Waals surface area contributed by atoms with Gasteiger partial charge in [0.15, 0.2) is 5.96 Å². The number of nitrogens with zero attached hydrogens (tertiary/aromatic N) is 4. The molecule has 142 valence electrons. The fourth-order valence-corrected chi connectivity index (χ4v) is 3.28. The van der Waals surface area contributed by atoms with E-state index in [1.54, 1.807) is 0 Å². The molecule has 2 aromatic rings. The molecule has 0 aliphatic carbocycles. The summed E-state index contributed by atoms with van der Waals surface area (Å²) in [5, 5.41) is 3.43. The van der Waals surface area contributed by atoms with Crippen molar-refractivity contribution in [3.05, 3.63) is 54.1 Å². The van der Waals surface area contributed by atoms with Gasteiger partial charge in [-0.3, -0.25) is 0 Å². The molecule has 0 radical (unpaired) electrons. The van der Waals surface area contributed by atoms with Gasteiger partial charge in [-0.1, -0.05) is 44.2 Å². The highest BCUT2D eigenvalue weighted by molar-refractivity contribution is 14.0. The van der Waals surface area contributed by atoms with E-state index < -0.39 is 0 Å².